The molecule has 1 aliphatic carbocycles. The summed E-state index contributed by atoms with van der Waals surface area (Å²) >= 11 is 0. The Labute approximate surface area is 103 Å². The second-order valence-electron chi connectivity index (χ2n) is 5.24. The Bertz CT molecular complexity index is 429. The lowest BCUT2D eigenvalue weighted by Crippen LogP contribution is -2.40. The average molecular weight is 232 g/mol. The zero-order chi connectivity index (χ0) is 12.5. The summed E-state index contributed by atoms with van der Waals surface area (Å²) in [5, 5.41) is 10.4. The number of Topliss-reactive ketones (excluding diaryl/α,β-unsaturated/α-hetero) is 1. The van der Waals surface area contributed by atoms with E-state index in [9.17, 15) is 9.90 Å². The third-order valence-corrected chi connectivity index (χ3v) is 3.73. The molecule has 0 bridgehead atoms. The number of hydrogen-bond donors (Lipinski definition) is 1. The second kappa shape index (κ2) is 4.61. The third kappa shape index (κ3) is 2.42. The number of carbonyl (C=O) groups excluding carboxylic acids is 1. The van der Waals surface area contributed by atoms with Gasteiger partial charge in [0.1, 0.15) is 5.60 Å². The van der Waals surface area contributed by atoms with Crippen molar-refractivity contribution in [2.75, 3.05) is 0 Å². The van der Waals surface area contributed by atoms with Crippen molar-refractivity contribution in [2.45, 2.75) is 51.6 Å². The summed E-state index contributed by atoms with van der Waals surface area (Å²) in [6, 6.07) is 5.78. The maximum atomic E-state index is 12.4. The van der Waals surface area contributed by atoms with Crippen LogP contribution in [0.1, 0.15) is 53.6 Å². The molecule has 1 aliphatic rings. The predicted octanol–water partition coefficient (Wildman–Crippen LogP) is 3.18. The zero-order valence-corrected chi connectivity index (χ0v) is 10.6. The number of aryl methyl sites for hydroxylation is 2. The maximum absolute atomic E-state index is 12.4. The molecule has 0 unspecified atom stereocenters. The normalized spacial score (nSPS) is 19.0. The molecule has 1 N–H and O–H groups in total. The zero-order valence-electron chi connectivity index (χ0n) is 10.6. The molecule has 1 aromatic carbocycles. The molecule has 92 valence electrons. The summed E-state index contributed by atoms with van der Waals surface area (Å²) in [5.41, 5.74) is 1.68. The van der Waals surface area contributed by atoms with E-state index < -0.39 is 5.60 Å². The minimum Gasteiger partial charge on any atom is -0.382 e. The van der Waals surface area contributed by atoms with Crippen LogP contribution >= 0.6 is 0 Å². The number of aliphatic hydroxyl groups is 1. The van der Waals surface area contributed by atoms with Crippen LogP contribution in [0.2, 0.25) is 0 Å². The highest BCUT2D eigenvalue weighted by molar-refractivity contribution is 6.03. The summed E-state index contributed by atoms with van der Waals surface area (Å²) in [7, 11) is 0. The van der Waals surface area contributed by atoms with Crippen LogP contribution in [0, 0.1) is 13.8 Å². The van der Waals surface area contributed by atoms with Gasteiger partial charge in [-0.05, 0) is 32.3 Å². The minimum atomic E-state index is -1.11. The Morgan fingerprint density at radius 3 is 2.41 bits per heavy atom. The smallest absolute Gasteiger partial charge is 0.194 e. The molecular formula is C15H20O2. The van der Waals surface area contributed by atoms with Gasteiger partial charge in [-0.2, -0.15) is 0 Å². The van der Waals surface area contributed by atoms with Crippen molar-refractivity contribution < 1.29 is 9.90 Å². The van der Waals surface area contributed by atoms with Gasteiger partial charge in [0.05, 0.1) is 0 Å². The number of hydrogen-bond acceptors (Lipinski definition) is 2. The van der Waals surface area contributed by atoms with E-state index in [4.69, 9.17) is 0 Å². The molecule has 2 nitrogen and oxygen atoms in total. The first-order valence-electron chi connectivity index (χ1n) is 6.37. The topological polar surface area (TPSA) is 37.3 Å². The van der Waals surface area contributed by atoms with Crippen LogP contribution < -0.4 is 0 Å². The summed E-state index contributed by atoms with van der Waals surface area (Å²) in [6.45, 7) is 3.95. The fourth-order valence-corrected chi connectivity index (χ4v) is 2.68. The van der Waals surface area contributed by atoms with E-state index >= 15 is 0 Å². The number of benzene rings is 1. The van der Waals surface area contributed by atoms with Gasteiger partial charge in [0, 0.05) is 5.56 Å². The van der Waals surface area contributed by atoms with Crippen LogP contribution in [0.15, 0.2) is 18.2 Å². The lowest BCUT2D eigenvalue weighted by atomic mass is 9.78. The van der Waals surface area contributed by atoms with Gasteiger partial charge in [-0.25, -0.2) is 0 Å². The van der Waals surface area contributed by atoms with Crippen LogP contribution in [0.3, 0.4) is 0 Å². The summed E-state index contributed by atoms with van der Waals surface area (Å²) in [4.78, 5) is 12.4. The molecule has 1 fully saturated rings. The molecule has 1 aromatic rings. The maximum Gasteiger partial charge on any atom is 0.194 e. The van der Waals surface area contributed by atoms with Gasteiger partial charge in [-0.15, -0.1) is 0 Å². The Hall–Kier alpha value is -1.15. The first-order valence-corrected chi connectivity index (χ1v) is 6.37. The monoisotopic (exact) mass is 232 g/mol. The second-order valence-corrected chi connectivity index (χ2v) is 5.24. The quantitative estimate of drug-likeness (QED) is 0.795. The van der Waals surface area contributed by atoms with Gasteiger partial charge in [-0.3, -0.25) is 4.79 Å². The lowest BCUT2D eigenvalue weighted by Gasteiger charge is -2.31. The standard InChI is InChI=1S/C15H20O2/c1-11-6-7-13(12(2)10-11)14(16)15(17)8-4-3-5-9-15/h6-7,10,17H,3-5,8-9H2,1-2H3. The van der Waals surface area contributed by atoms with E-state index in [2.05, 4.69) is 0 Å². The van der Waals surface area contributed by atoms with Crippen molar-refractivity contribution in [3.05, 3.63) is 34.9 Å². The Kier molecular flexibility index (Phi) is 3.34. The van der Waals surface area contributed by atoms with Crippen molar-refractivity contribution in [1.82, 2.24) is 0 Å². The fourth-order valence-electron chi connectivity index (χ4n) is 2.68. The minimum absolute atomic E-state index is 0.0882. The van der Waals surface area contributed by atoms with Crippen LogP contribution in [0.5, 0.6) is 0 Å². The van der Waals surface area contributed by atoms with Gasteiger partial charge in [0.25, 0.3) is 0 Å². The third-order valence-electron chi connectivity index (χ3n) is 3.73. The molecule has 0 saturated heterocycles. The molecule has 0 atom stereocenters. The molecule has 0 aromatic heterocycles. The van der Waals surface area contributed by atoms with Crippen molar-refractivity contribution in [3.8, 4) is 0 Å². The van der Waals surface area contributed by atoms with Gasteiger partial charge in [-0.1, -0.05) is 43.0 Å². The number of rotatable bonds is 2. The van der Waals surface area contributed by atoms with E-state index in [1.54, 1.807) is 0 Å². The molecule has 2 heteroatoms. The van der Waals surface area contributed by atoms with E-state index in [-0.39, 0.29) is 5.78 Å². The van der Waals surface area contributed by atoms with Crippen LogP contribution in [0.25, 0.3) is 0 Å². The largest absolute Gasteiger partial charge is 0.382 e. The Morgan fingerprint density at radius 1 is 1.18 bits per heavy atom. The Morgan fingerprint density at radius 2 is 1.82 bits per heavy atom. The van der Waals surface area contributed by atoms with Crippen molar-refractivity contribution in [2.24, 2.45) is 0 Å². The molecule has 17 heavy (non-hydrogen) atoms. The highest BCUT2D eigenvalue weighted by atomic mass is 16.3. The van der Waals surface area contributed by atoms with E-state index in [0.717, 1.165) is 30.4 Å². The molecular weight excluding hydrogens is 212 g/mol. The molecule has 0 spiro atoms. The molecule has 1 saturated carbocycles. The summed E-state index contributed by atoms with van der Waals surface area (Å²) in [5.74, 6) is -0.0882. The highest BCUT2D eigenvalue weighted by Crippen LogP contribution is 2.32. The highest BCUT2D eigenvalue weighted by Gasteiger charge is 2.37. The van der Waals surface area contributed by atoms with Crippen molar-refractivity contribution in [1.29, 1.82) is 0 Å². The van der Waals surface area contributed by atoms with Crippen molar-refractivity contribution >= 4 is 5.78 Å². The van der Waals surface area contributed by atoms with Crippen LogP contribution in [-0.4, -0.2) is 16.5 Å². The molecule has 0 amide bonds. The van der Waals surface area contributed by atoms with E-state index in [1.165, 1.54) is 0 Å². The first kappa shape index (κ1) is 12.3. The van der Waals surface area contributed by atoms with Gasteiger partial charge < -0.3 is 5.11 Å². The van der Waals surface area contributed by atoms with Crippen molar-refractivity contribution in [3.63, 3.8) is 0 Å². The van der Waals surface area contributed by atoms with E-state index in [0.29, 0.717) is 18.4 Å². The molecule has 0 heterocycles. The lowest BCUT2D eigenvalue weighted by molar-refractivity contribution is 0.0116. The van der Waals surface area contributed by atoms with Gasteiger partial charge >= 0.3 is 0 Å². The number of carbonyl (C=O) groups is 1. The van der Waals surface area contributed by atoms with Gasteiger partial charge in [0.2, 0.25) is 0 Å². The van der Waals surface area contributed by atoms with E-state index in [1.807, 2.05) is 32.0 Å². The molecule has 0 aliphatic heterocycles. The van der Waals surface area contributed by atoms with Crippen LogP contribution in [0.4, 0.5) is 0 Å². The predicted molar refractivity (Wildman–Crippen MR) is 68.3 cm³/mol. The summed E-state index contributed by atoms with van der Waals surface area (Å²) in [6.07, 6.45) is 4.25. The SMILES string of the molecule is Cc1ccc(C(=O)C2(O)CCCCC2)c(C)c1. The summed E-state index contributed by atoms with van der Waals surface area (Å²) < 4.78 is 0. The fraction of sp³-hybridized carbons (Fsp3) is 0.533. The first-order chi connectivity index (χ1) is 8.03. The Balaban J connectivity index is 2.30. The molecule has 0 radical (unpaired) electrons. The van der Waals surface area contributed by atoms with Crippen LogP contribution in [-0.2, 0) is 0 Å². The number of ketones is 1. The average Bonchev–Trinajstić information content (AvgIpc) is 2.29. The molecule has 2 rings (SSSR count). The van der Waals surface area contributed by atoms with Gasteiger partial charge in [0.15, 0.2) is 5.78 Å².